The second-order valence-corrected chi connectivity index (χ2v) is 6.08. The van der Waals surface area contributed by atoms with Crippen molar-refractivity contribution in [1.82, 2.24) is 10.2 Å². The van der Waals surface area contributed by atoms with Crippen molar-refractivity contribution in [3.63, 3.8) is 0 Å². The van der Waals surface area contributed by atoms with Crippen molar-refractivity contribution in [2.75, 3.05) is 44.8 Å². The van der Waals surface area contributed by atoms with Gasteiger partial charge in [0.15, 0.2) is 5.11 Å². The first-order valence-corrected chi connectivity index (χ1v) is 7.93. The summed E-state index contributed by atoms with van der Waals surface area (Å²) in [5, 5.41) is 4.90. The van der Waals surface area contributed by atoms with Crippen LogP contribution in [0.4, 0.5) is 5.69 Å². The number of piperazine rings is 1. The van der Waals surface area contributed by atoms with E-state index in [1.807, 2.05) is 18.2 Å². The SMILES string of the molecule is COCC(C)NC(=S)N1CCN(c2cccc(Cl)c2)CC1. The average molecular weight is 328 g/mol. The maximum Gasteiger partial charge on any atom is 0.169 e. The van der Waals surface area contributed by atoms with E-state index in [1.54, 1.807) is 7.11 Å². The molecule has 1 atom stereocenters. The Balaban J connectivity index is 1.84. The number of ether oxygens (including phenoxy) is 1. The van der Waals surface area contributed by atoms with E-state index in [4.69, 9.17) is 28.6 Å². The van der Waals surface area contributed by atoms with Crippen LogP contribution in [0, 0.1) is 0 Å². The van der Waals surface area contributed by atoms with Crippen LogP contribution in [-0.2, 0) is 4.74 Å². The van der Waals surface area contributed by atoms with Crippen LogP contribution in [0.15, 0.2) is 24.3 Å². The number of hydrogen-bond acceptors (Lipinski definition) is 3. The molecule has 116 valence electrons. The molecule has 0 bridgehead atoms. The zero-order valence-corrected chi connectivity index (χ0v) is 14.1. The van der Waals surface area contributed by atoms with E-state index >= 15 is 0 Å². The molecule has 0 aliphatic carbocycles. The normalized spacial score (nSPS) is 16.7. The summed E-state index contributed by atoms with van der Waals surface area (Å²) in [6.07, 6.45) is 0. The van der Waals surface area contributed by atoms with Crippen LogP contribution in [0.5, 0.6) is 0 Å². The molecule has 1 saturated heterocycles. The van der Waals surface area contributed by atoms with E-state index in [9.17, 15) is 0 Å². The minimum Gasteiger partial charge on any atom is -0.383 e. The van der Waals surface area contributed by atoms with Crippen LogP contribution in [0.1, 0.15) is 6.92 Å². The van der Waals surface area contributed by atoms with Gasteiger partial charge in [-0.15, -0.1) is 0 Å². The molecule has 1 heterocycles. The quantitative estimate of drug-likeness (QED) is 0.857. The zero-order valence-electron chi connectivity index (χ0n) is 12.5. The summed E-state index contributed by atoms with van der Waals surface area (Å²) in [4.78, 5) is 4.55. The van der Waals surface area contributed by atoms with Gasteiger partial charge >= 0.3 is 0 Å². The molecule has 0 amide bonds. The Kier molecular flexibility index (Phi) is 6.08. The van der Waals surface area contributed by atoms with E-state index in [-0.39, 0.29) is 6.04 Å². The average Bonchev–Trinajstić information content (AvgIpc) is 2.47. The Morgan fingerprint density at radius 3 is 2.71 bits per heavy atom. The molecule has 1 N–H and O–H groups in total. The number of anilines is 1. The molecule has 0 spiro atoms. The zero-order chi connectivity index (χ0) is 15.2. The fourth-order valence-electron chi connectivity index (χ4n) is 2.43. The van der Waals surface area contributed by atoms with Crippen molar-refractivity contribution in [3.05, 3.63) is 29.3 Å². The van der Waals surface area contributed by atoms with Crippen LogP contribution in [0.3, 0.4) is 0 Å². The van der Waals surface area contributed by atoms with Crippen molar-refractivity contribution in [3.8, 4) is 0 Å². The minimum atomic E-state index is 0.230. The Labute approximate surface area is 137 Å². The summed E-state index contributed by atoms with van der Waals surface area (Å²) in [6, 6.07) is 8.22. The molecule has 1 fully saturated rings. The van der Waals surface area contributed by atoms with Gasteiger partial charge in [0, 0.05) is 50.0 Å². The second kappa shape index (κ2) is 7.82. The first kappa shape index (κ1) is 16.3. The molecule has 21 heavy (non-hydrogen) atoms. The Hall–Kier alpha value is -1.04. The lowest BCUT2D eigenvalue weighted by atomic mass is 10.2. The lowest BCUT2D eigenvalue weighted by Crippen LogP contribution is -2.53. The highest BCUT2D eigenvalue weighted by Gasteiger charge is 2.20. The molecule has 0 radical (unpaired) electrons. The summed E-state index contributed by atoms with van der Waals surface area (Å²) in [7, 11) is 1.70. The number of hydrogen-bond donors (Lipinski definition) is 1. The van der Waals surface area contributed by atoms with Gasteiger partial charge < -0.3 is 19.9 Å². The van der Waals surface area contributed by atoms with Gasteiger partial charge in [0.05, 0.1) is 6.61 Å². The van der Waals surface area contributed by atoms with Gasteiger partial charge in [-0.25, -0.2) is 0 Å². The molecule has 1 aromatic carbocycles. The summed E-state index contributed by atoms with van der Waals surface area (Å²) in [6.45, 7) is 6.44. The standard InChI is InChI=1S/C15H22ClN3OS/c1-12(11-20-2)17-15(21)19-8-6-18(7-9-19)14-5-3-4-13(16)10-14/h3-5,10,12H,6-9,11H2,1-2H3,(H,17,21). The van der Waals surface area contributed by atoms with E-state index in [0.717, 1.165) is 36.3 Å². The first-order chi connectivity index (χ1) is 10.1. The molecule has 4 nitrogen and oxygen atoms in total. The van der Waals surface area contributed by atoms with E-state index in [0.29, 0.717) is 6.61 Å². The summed E-state index contributed by atoms with van der Waals surface area (Å²) < 4.78 is 5.12. The molecule has 2 rings (SSSR count). The van der Waals surface area contributed by atoms with Gasteiger partial charge in [-0.2, -0.15) is 0 Å². The fourth-order valence-corrected chi connectivity index (χ4v) is 3.00. The number of methoxy groups -OCH3 is 1. The van der Waals surface area contributed by atoms with Crippen LogP contribution in [-0.4, -0.2) is 55.9 Å². The van der Waals surface area contributed by atoms with Crippen molar-refractivity contribution in [2.24, 2.45) is 0 Å². The van der Waals surface area contributed by atoms with Gasteiger partial charge in [-0.05, 0) is 37.3 Å². The monoisotopic (exact) mass is 327 g/mol. The molecule has 6 heteroatoms. The van der Waals surface area contributed by atoms with Gasteiger partial charge in [0.25, 0.3) is 0 Å². The molecule has 1 unspecified atom stereocenters. The molecular formula is C15H22ClN3OS. The van der Waals surface area contributed by atoms with Crippen molar-refractivity contribution in [1.29, 1.82) is 0 Å². The summed E-state index contributed by atoms with van der Waals surface area (Å²) in [5.74, 6) is 0. The van der Waals surface area contributed by atoms with Crippen LogP contribution in [0.25, 0.3) is 0 Å². The highest BCUT2D eigenvalue weighted by molar-refractivity contribution is 7.80. The molecule has 1 aliphatic rings. The number of rotatable bonds is 4. The minimum absolute atomic E-state index is 0.230. The number of thiocarbonyl (C=S) groups is 1. The third kappa shape index (κ3) is 4.73. The Morgan fingerprint density at radius 1 is 1.38 bits per heavy atom. The van der Waals surface area contributed by atoms with E-state index in [2.05, 4.69) is 28.1 Å². The van der Waals surface area contributed by atoms with Gasteiger partial charge in [0.1, 0.15) is 0 Å². The van der Waals surface area contributed by atoms with Gasteiger partial charge in [-0.1, -0.05) is 17.7 Å². The third-order valence-electron chi connectivity index (χ3n) is 3.53. The predicted molar refractivity (Wildman–Crippen MR) is 92.3 cm³/mol. The predicted octanol–water partition coefficient (Wildman–Crippen LogP) is 2.37. The molecule has 1 aromatic rings. The number of halogens is 1. The van der Waals surface area contributed by atoms with Gasteiger partial charge in [-0.3, -0.25) is 0 Å². The second-order valence-electron chi connectivity index (χ2n) is 5.26. The number of nitrogens with one attached hydrogen (secondary N) is 1. The highest BCUT2D eigenvalue weighted by atomic mass is 35.5. The van der Waals surface area contributed by atoms with Crippen LogP contribution >= 0.6 is 23.8 Å². The molecule has 0 aromatic heterocycles. The van der Waals surface area contributed by atoms with E-state index < -0.39 is 0 Å². The maximum absolute atomic E-state index is 6.05. The van der Waals surface area contributed by atoms with Crippen molar-refractivity contribution < 1.29 is 4.74 Å². The smallest absolute Gasteiger partial charge is 0.169 e. The van der Waals surface area contributed by atoms with Crippen LogP contribution in [0.2, 0.25) is 5.02 Å². The highest BCUT2D eigenvalue weighted by Crippen LogP contribution is 2.20. The lowest BCUT2D eigenvalue weighted by Gasteiger charge is -2.38. The Morgan fingerprint density at radius 2 is 2.10 bits per heavy atom. The third-order valence-corrected chi connectivity index (χ3v) is 4.14. The van der Waals surface area contributed by atoms with Crippen molar-refractivity contribution >= 4 is 34.6 Å². The van der Waals surface area contributed by atoms with Crippen molar-refractivity contribution in [2.45, 2.75) is 13.0 Å². The summed E-state index contributed by atoms with van der Waals surface area (Å²) >= 11 is 11.5. The topological polar surface area (TPSA) is 27.7 Å². The summed E-state index contributed by atoms with van der Waals surface area (Å²) in [5.41, 5.74) is 1.17. The fraction of sp³-hybridized carbons (Fsp3) is 0.533. The van der Waals surface area contributed by atoms with Crippen LogP contribution < -0.4 is 10.2 Å². The molecule has 0 saturated carbocycles. The number of benzene rings is 1. The maximum atomic E-state index is 6.05. The first-order valence-electron chi connectivity index (χ1n) is 7.15. The lowest BCUT2D eigenvalue weighted by molar-refractivity contribution is 0.177. The van der Waals surface area contributed by atoms with E-state index in [1.165, 1.54) is 5.69 Å². The molecular weight excluding hydrogens is 306 g/mol. The van der Waals surface area contributed by atoms with Gasteiger partial charge in [0.2, 0.25) is 0 Å². The Bertz CT molecular complexity index is 478. The largest absolute Gasteiger partial charge is 0.383 e. The number of nitrogens with zero attached hydrogens (tertiary/aromatic N) is 2. The molecule has 1 aliphatic heterocycles.